The van der Waals surface area contributed by atoms with Gasteiger partial charge in [0.1, 0.15) is 0 Å². The van der Waals surface area contributed by atoms with Crippen LogP contribution in [0.5, 0.6) is 0 Å². The van der Waals surface area contributed by atoms with Crippen LogP contribution in [0.25, 0.3) is 0 Å². The third-order valence-corrected chi connectivity index (χ3v) is 5.82. The molecular formula is C21H31N5O. The number of morpholine rings is 1. The van der Waals surface area contributed by atoms with Crippen molar-refractivity contribution in [1.82, 2.24) is 15.5 Å². The summed E-state index contributed by atoms with van der Waals surface area (Å²) in [5, 5.41) is 15.9. The summed E-state index contributed by atoms with van der Waals surface area (Å²) in [6.07, 6.45) is 6.43. The number of benzene rings is 1. The molecule has 0 bridgehead atoms. The second kappa shape index (κ2) is 9.72. The zero-order chi connectivity index (χ0) is 19.0. The van der Waals surface area contributed by atoms with Gasteiger partial charge in [-0.25, -0.2) is 0 Å². The highest BCUT2D eigenvalue weighted by atomic mass is 16.5. The Labute approximate surface area is 162 Å². The first-order chi connectivity index (χ1) is 13.3. The summed E-state index contributed by atoms with van der Waals surface area (Å²) in [5.41, 5.74) is 2.04. The smallest absolute Gasteiger partial charge is 0.191 e. The molecular weight excluding hydrogens is 338 g/mol. The zero-order valence-corrected chi connectivity index (χ0v) is 16.3. The predicted molar refractivity (Wildman–Crippen MR) is 108 cm³/mol. The van der Waals surface area contributed by atoms with Crippen molar-refractivity contribution in [3.63, 3.8) is 0 Å². The van der Waals surface area contributed by atoms with E-state index in [4.69, 9.17) is 10.00 Å². The highest BCUT2D eigenvalue weighted by Gasteiger charge is 2.38. The second-order valence-corrected chi connectivity index (χ2v) is 7.47. The van der Waals surface area contributed by atoms with Crippen molar-refractivity contribution in [3.05, 3.63) is 35.4 Å². The molecule has 146 valence electrons. The van der Waals surface area contributed by atoms with Crippen LogP contribution in [-0.4, -0.2) is 56.3 Å². The van der Waals surface area contributed by atoms with E-state index in [9.17, 15) is 0 Å². The fraction of sp³-hybridized carbons (Fsp3) is 0.619. The minimum Gasteiger partial charge on any atom is -0.379 e. The molecule has 2 aliphatic rings. The van der Waals surface area contributed by atoms with Gasteiger partial charge in [0.2, 0.25) is 0 Å². The first-order valence-electron chi connectivity index (χ1n) is 10.0. The lowest BCUT2D eigenvalue weighted by Crippen LogP contribution is -2.60. The van der Waals surface area contributed by atoms with Crippen LogP contribution < -0.4 is 10.6 Å². The number of aliphatic imine (C=N–C) groups is 1. The Bertz CT molecular complexity index is 652. The molecule has 27 heavy (non-hydrogen) atoms. The van der Waals surface area contributed by atoms with Gasteiger partial charge in [0.25, 0.3) is 0 Å². The summed E-state index contributed by atoms with van der Waals surface area (Å²) in [6, 6.07) is 9.81. The third kappa shape index (κ3) is 5.21. The van der Waals surface area contributed by atoms with Gasteiger partial charge in [-0.2, -0.15) is 5.26 Å². The van der Waals surface area contributed by atoms with Gasteiger partial charge in [0.15, 0.2) is 5.96 Å². The summed E-state index contributed by atoms with van der Waals surface area (Å²) in [7, 11) is 1.82. The molecule has 6 heteroatoms. The molecule has 0 radical (unpaired) electrons. The molecule has 0 atom stereocenters. The first kappa shape index (κ1) is 19.7. The number of rotatable bonds is 5. The molecule has 6 nitrogen and oxygen atoms in total. The predicted octanol–water partition coefficient (Wildman–Crippen LogP) is 2.26. The van der Waals surface area contributed by atoms with Gasteiger partial charge < -0.3 is 15.4 Å². The number of hydrogen-bond acceptors (Lipinski definition) is 4. The van der Waals surface area contributed by atoms with E-state index in [-0.39, 0.29) is 5.54 Å². The summed E-state index contributed by atoms with van der Waals surface area (Å²) >= 11 is 0. The summed E-state index contributed by atoms with van der Waals surface area (Å²) in [4.78, 5) is 7.03. The Kier molecular flexibility index (Phi) is 7.08. The molecule has 1 aliphatic heterocycles. The Morgan fingerprint density at radius 2 is 1.85 bits per heavy atom. The average Bonchev–Trinajstić information content (AvgIpc) is 2.75. The van der Waals surface area contributed by atoms with E-state index < -0.39 is 0 Å². The fourth-order valence-electron chi connectivity index (χ4n) is 4.20. The van der Waals surface area contributed by atoms with E-state index in [1.807, 2.05) is 31.3 Å². The van der Waals surface area contributed by atoms with Crippen LogP contribution >= 0.6 is 0 Å². The maximum Gasteiger partial charge on any atom is 0.191 e. The highest BCUT2D eigenvalue weighted by molar-refractivity contribution is 5.79. The van der Waals surface area contributed by atoms with Gasteiger partial charge >= 0.3 is 0 Å². The normalized spacial score (nSPS) is 20.7. The standard InChI is InChI=1S/C21H31N5O/c1-23-20(24-16-19-7-5-18(15-22)6-8-19)25-17-21(9-3-2-4-10-21)26-11-13-27-14-12-26/h5-8H,2-4,9-14,16-17H2,1H3,(H2,23,24,25). The van der Waals surface area contributed by atoms with Gasteiger partial charge in [0.05, 0.1) is 24.8 Å². The van der Waals surface area contributed by atoms with Crippen molar-refractivity contribution in [2.75, 3.05) is 39.9 Å². The van der Waals surface area contributed by atoms with E-state index in [1.54, 1.807) is 0 Å². The number of guanidine groups is 1. The highest BCUT2D eigenvalue weighted by Crippen LogP contribution is 2.33. The fourth-order valence-corrected chi connectivity index (χ4v) is 4.20. The maximum absolute atomic E-state index is 8.90. The molecule has 0 aromatic heterocycles. The largest absolute Gasteiger partial charge is 0.379 e. The van der Waals surface area contributed by atoms with Crippen LogP contribution in [0.4, 0.5) is 0 Å². The van der Waals surface area contributed by atoms with E-state index in [2.05, 4.69) is 26.6 Å². The molecule has 1 saturated carbocycles. The lowest BCUT2D eigenvalue weighted by atomic mass is 9.80. The molecule has 3 rings (SSSR count). The molecule has 2 N–H and O–H groups in total. The van der Waals surface area contributed by atoms with Gasteiger partial charge in [-0.05, 0) is 30.5 Å². The Balaban J connectivity index is 1.56. The molecule has 0 unspecified atom stereocenters. The number of hydrogen-bond donors (Lipinski definition) is 2. The van der Waals surface area contributed by atoms with Crippen LogP contribution in [-0.2, 0) is 11.3 Å². The molecule has 0 amide bonds. The topological polar surface area (TPSA) is 72.7 Å². The van der Waals surface area contributed by atoms with Crippen LogP contribution in [0.1, 0.15) is 43.2 Å². The van der Waals surface area contributed by atoms with Crippen molar-refractivity contribution < 1.29 is 4.74 Å². The number of nitrogens with one attached hydrogen (secondary N) is 2. The minimum absolute atomic E-state index is 0.216. The summed E-state index contributed by atoms with van der Waals surface area (Å²) < 4.78 is 5.57. The van der Waals surface area contributed by atoms with E-state index in [1.165, 1.54) is 32.1 Å². The van der Waals surface area contributed by atoms with Crippen molar-refractivity contribution >= 4 is 5.96 Å². The van der Waals surface area contributed by atoms with Crippen molar-refractivity contribution in [1.29, 1.82) is 5.26 Å². The average molecular weight is 370 g/mol. The SMILES string of the molecule is CN=C(NCc1ccc(C#N)cc1)NCC1(N2CCOCC2)CCCCC1. The first-order valence-corrected chi connectivity index (χ1v) is 10.0. The van der Waals surface area contributed by atoms with Gasteiger partial charge in [-0.1, -0.05) is 31.4 Å². The van der Waals surface area contributed by atoms with Crippen LogP contribution in [0, 0.1) is 11.3 Å². The number of nitrogens with zero attached hydrogens (tertiary/aromatic N) is 3. The Morgan fingerprint density at radius 1 is 1.15 bits per heavy atom. The molecule has 1 heterocycles. The number of nitriles is 1. The lowest BCUT2D eigenvalue weighted by molar-refractivity contribution is -0.0352. The third-order valence-electron chi connectivity index (χ3n) is 5.82. The molecule has 2 fully saturated rings. The second-order valence-electron chi connectivity index (χ2n) is 7.47. The quantitative estimate of drug-likeness (QED) is 0.615. The zero-order valence-electron chi connectivity index (χ0n) is 16.3. The molecule has 1 saturated heterocycles. The summed E-state index contributed by atoms with van der Waals surface area (Å²) in [6.45, 7) is 5.34. The minimum atomic E-state index is 0.216. The monoisotopic (exact) mass is 369 g/mol. The molecule has 1 aromatic carbocycles. The van der Waals surface area contributed by atoms with Crippen LogP contribution in [0.3, 0.4) is 0 Å². The Morgan fingerprint density at radius 3 is 2.48 bits per heavy atom. The maximum atomic E-state index is 8.90. The van der Waals surface area contributed by atoms with Gasteiger partial charge in [-0.3, -0.25) is 9.89 Å². The van der Waals surface area contributed by atoms with Crippen LogP contribution in [0.15, 0.2) is 29.3 Å². The van der Waals surface area contributed by atoms with Crippen LogP contribution in [0.2, 0.25) is 0 Å². The van der Waals surface area contributed by atoms with E-state index in [0.717, 1.165) is 44.4 Å². The van der Waals surface area contributed by atoms with E-state index in [0.29, 0.717) is 12.1 Å². The molecule has 1 aromatic rings. The number of ether oxygens (including phenoxy) is 1. The molecule has 0 spiro atoms. The van der Waals surface area contributed by atoms with Gasteiger partial charge in [-0.15, -0.1) is 0 Å². The van der Waals surface area contributed by atoms with E-state index >= 15 is 0 Å². The Hall–Kier alpha value is -2.10. The molecule has 1 aliphatic carbocycles. The lowest BCUT2D eigenvalue weighted by Gasteiger charge is -2.48. The van der Waals surface area contributed by atoms with Crippen molar-refractivity contribution in [2.24, 2.45) is 4.99 Å². The van der Waals surface area contributed by atoms with Crippen molar-refractivity contribution in [2.45, 2.75) is 44.2 Å². The summed E-state index contributed by atoms with van der Waals surface area (Å²) in [5.74, 6) is 0.831. The van der Waals surface area contributed by atoms with Gasteiger partial charge in [0, 0.05) is 38.8 Å². The van der Waals surface area contributed by atoms with Crippen molar-refractivity contribution in [3.8, 4) is 6.07 Å².